The number of nitrogens with one attached hydrogen (secondary N) is 1. The molecular weight excluding hydrogens is 288 g/mol. The number of non-ortho nitro benzene ring substituents is 1. The van der Waals surface area contributed by atoms with Crippen LogP contribution in [0.5, 0.6) is 0 Å². The molecule has 0 aliphatic heterocycles. The summed E-state index contributed by atoms with van der Waals surface area (Å²) in [6, 6.07) is 4.30. The maximum atomic E-state index is 11.8. The zero-order valence-corrected chi connectivity index (χ0v) is 10.8. The number of hydrogen-bond donors (Lipinski definition) is 1. The molecule has 0 radical (unpaired) electrons. The third-order valence-corrected chi connectivity index (χ3v) is 3.65. The number of rotatable bonds is 3. The standard InChI is InChI=1S/C11H11BrN2O3/c1-11(4-5-11)10(15)13-9-6-7(14(16)17)2-3-8(9)12/h2-3,6H,4-5H2,1H3,(H,13,15). The van der Waals surface area contributed by atoms with Gasteiger partial charge in [-0.15, -0.1) is 0 Å². The van der Waals surface area contributed by atoms with Gasteiger partial charge in [-0.2, -0.15) is 0 Å². The Bertz CT molecular complexity index is 497. The molecule has 6 heteroatoms. The van der Waals surface area contributed by atoms with Crippen molar-refractivity contribution in [2.75, 3.05) is 5.32 Å². The molecule has 0 heterocycles. The SMILES string of the molecule is CC1(C(=O)Nc2cc([N+](=O)[O-])ccc2Br)CC1. The lowest BCUT2D eigenvalue weighted by Gasteiger charge is -2.11. The maximum Gasteiger partial charge on any atom is 0.271 e. The number of nitro groups is 1. The second-order valence-corrected chi connectivity index (χ2v) is 5.29. The van der Waals surface area contributed by atoms with Crippen LogP contribution in [0.25, 0.3) is 0 Å². The molecule has 1 saturated carbocycles. The Morgan fingerprint density at radius 3 is 2.71 bits per heavy atom. The van der Waals surface area contributed by atoms with Crippen LogP contribution in [-0.4, -0.2) is 10.8 Å². The molecule has 1 aromatic carbocycles. The fraction of sp³-hybridized carbons (Fsp3) is 0.364. The molecule has 0 unspecified atom stereocenters. The van der Waals surface area contributed by atoms with Crippen molar-refractivity contribution in [2.45, 2.75) is 19.8 Å². The van der Waals surface area contributed by atoms with Gasteiger partial charge in [0.2, 0.25) is 5.91 Å². The first kappa shape index (κ1) is 12.0. The smallest absolute Gasteiger partial charge is 0.271 e. The van der Waals surface area contributed by atoms with E-state index in [2.05, 4.69) is 21.2 Å². The van der Waals surface area contributed by atoms with Crippen LogP contribution in [0, 0.1) is 15.5 Å². The van der Waals surface area contributed by atoms with Gasteiger partial charge in [0.15, 0.2) is 0 Å². The van der Waals surface area contributed by atoms with Crippen LogP contribution < -0.4 is 5.32 Å². The number of halogens is 1. The van der Waals surface area contributed by atoms with E-state index in [-0.39, 0.29) is 17.0 Å². The topological polar surface area (TPSA) is 72.2 Å². The highest BCUT2D eigenvalue weighted by molar-refractivity contribution is 9.10. The first-order valence-electron chi connectivity index (χ1n) is 5.18. The van der Waals surface area contributed by atoms with E-state index in [9.17, 15) is 14.9 Å². The van der Waals surface area contributed by atoms with Crippen molar-refractivity contribution < 1.29 is 9.72 Å². The van der Waals surface area contributed by atoms with Gasteiger partial charge in [0.1, 0.15) is 0 Å². The van der Waals surface area contributed by atoms with Gasteiger partial charge in [-0.05, 0) is 34.8 Å². The van der Waals surface area contributed by atoms with E-state index in [0.29, 0.717) is 10.2 Å². The van der Waals surface area contributed by atoms with Gasteiger partial charge in [0, 0.05) is 22.0 Å². The molecule has 1 amide bonds. The highest BCUT2D eigenvalue weighted by atomic mass is 79.9. The second-order valence-electron chi connectivity index (χ2n) is 4.44. The molecule has 2 rings (SSSR count). The second kappa shape index (κ2) is 4.10. The van der Waals surface area contributed by atoms with Crippen LogP contribution in [0.15, 0.2) is 22.7 Å². The molecule has 1 aromatic rings. The van der Waals surface area contributed by atoms with Crippen LogP contribution in [-0.2, 0) is 4.79 Å². The summed E-state index contributed by atoms with van der Waals surface area (Å²) in [6.45, 7) is 1.88. The van der Waals surface area contributed by atoms with Crippen LogP contribution in [0.3, 0.4) is 0 Å². The molecule has 1 fully saturated rings. The molecule has 0 atom stereocenters. The summed E-state index contributed by atoms with van der Waals surface area (Å²) in [5, 5.41) is 13.4. The van der Waals surface area contributed by atoms with Gasteiger partial charge in [-0.3, -0.25) is 14.9 Å². The van der Waals surface area contributed by atoms with Gasteiger partial charge in [0.05, 0.1) is 10.6 Å². The summed E-state index contributed by atoms with van der Waals surface area (Å²) < 4.78 is 0.640. The van der Waals surface area contributed by atoms with E-state index in [1.807, 2.05) is 6.92 Å². The van der Waals surface area contributed by atoms with E-state index in [4.69, 9.17) is 0 Å². The monoisotopic (exact) mass is 298 g/mol. The van der Waals surface area contributed by atoms with Crippen LogP contribution in [0.4, 0.5) is 11.4 Å². The average molecular weight is 299 g/mol. The molecule has 17 heavy (non-hydrogen) atoms. The summed E-state index contributed by atoms with van der Waals surface area (Å²) in [6.07, 6.45) is 1.73. The lowest BCUT2D eigenvalue weighted by molar-refractivity contribution is -0.384. The first-order valence-corrected chi connectivity index (χ1v) is 5.97. The Morgan fingerprint density at radius 1 is 1.53 bits per heavy atom. The molecule has 90 valence electrons. The minimum atomic E-state index is -0.485. The van der Waals surface area contributed by atoms with Gasteiger partial charge < -0.3 is 5.32 Å². The summed E-state index contributed by atoms with van der Waals surface area (Å²) in [7, 11) is 0. The van der Waals surface area contributed by atoms with Crippen LogP contribution >= 0.6 is 15.9 Å². The third-order valence-electron chi connectivity index (χ3n) is 2.96. The lowest BCUT2D eigenvalue weighted by Crippen LogP contribution is -2.21. The summed E-state index contributed by atoms with van der Waals surface area (Å²) in [5.74, 6) is -0.0845. The number of amides is 1. The molecule has 0 spiro atoms. The van der Waals surface area contributed by atoms with E-state index in [1.54, 1.807) is 6.07 Å². The van der Waals surface area contributed by atoms with Gasteiger partial charge >= 0.3 is 0 Å². The molecule has 5 nitrogen and oxygen atoms in total. The quantitative estimate of drug-likeness (QED) is 0.688. The fourth-order valence-corrected chi connectivity index (χ4v) is 1.76. The largest absolute Gasteiger partial charge is 0.324 e. The minimum absolute atomic E-state index is 0.0375. The van der Waals surface area contributed by atoms with Crippen molar-refractivity contribution in [2.24, 2.45) is 5.41 Å². The molecule has 0 aromatic heterocycles. The van der Waals surface area contributed by atoms with Crippen molar-refractivity contribution in [3.05, 3.63) is 32.8 Å². The van der Waals surface area contributed by atoms with Crippen LogP contribution in [0.1, 0.15) is 19.8 Å². The predicted octanol–water partition coefficient (Wildman–Crippen LogP) is 3.10. The Hall–Kier alpha value is -1.43. The highest BCUT2D eigenvalue weighted by Gasteiger charge is 2.45. The Balaban J connectivity index is 2.22. The minimum Gasteiger partial charge on any atom is -0.324 e. The Labute approximate surface area is 106 Å². The van der Waals surface area contributed by atoms with E-state index < -0.39 is 4.92 Å². The number of anilines is 1. The zero-order chi connectivity index (χ0) is 12.6. The highest BCUT2D eigenvalue weighted by Crippen LogP contribution is 2.46. The van der Waals surface area contributed by atoms with Crippen molar-refractivity contribution in [3.63, 3.8) is 0 Å². The molecule has 1 aliphatic carbocycles. The fourth-order valence-electron chi connectivity index (χ4n) is 1.41. The summed E-state index contributed by atoms with van der Waals surface area (Å²) in [4.78, 5) is 22.0. The summed E-state index contributed by atoms with van der Waals surface area (Å²) >= 11 is 3.26. The lowest BCUT2D eigenvalue weighted by atomic mass is 10.1. The average Bonchev–Trinajstić information content (AvgIpc) is 3.00. The number of nitrogens with zero attached hydrogens (tertiary/aromatic N) is 1. The molecule has 0 bridgehead atoms. The van der Waals surface area contributed by atoms with Crippen molar-refractivity contribution >= 4 is 33.2 Å². The van der Waals surface area contributed by atoms with E-state index >= 15 is 0 Å². The van der Waals surface area contributed by atoms with Gasteiger partial charge in [-0.25, -0.2) is 0 Å². The third kappa shape index (κ3) is 2.46. The maximum absolute atomic E-state index is 11.8. The molecule has 1 N–H and O–H groups in total. The number of hydrogen-bond acceptors (Lipinski definition) is 3. The first-order chi connectivity index (χ1) is 7.92. The predicted molar refractivity (Wildman–Crippen MR) is 66.8 cm³/mol. The molecule has 0 saturated heterocycles. The normalized spacial score (nSPS) is 16.4. The van der Waals surface area contributed by atoms with Crippen molar-refractivity contribution in [1.82, 2.24) is 0 Å². The van der Waals surface area contributed by atoms with Crippen LogP contribution in [0.2, 0.25) is 0 Å². The Morgan fingerprint density at radius 2 is 2.18 bits per heavy atom. The van der Waals surface area contributed by atoms with Crippen molar-refractivity contribution in [3.8, 4) is 0 Å². The number of carbonyl (C=O) groups is 1. The summed E-state index contributed by atoms with van der Waals surface area (Å²) in [5.41, 5.74) is 0.103. The number of benzene rings is 1. The van der Waals surface area contributed by atoms with Crippen molar-refractivity contribution in [1.29, 1.82) is 0 Å². The number of carbonyl (C=O) groups excluding carboxylic acids is 1. The Kier molecular flexibility index (Phi) is 2.91. The number of nitro benzene ring substituents is 1. The van der Waals surface area contributed by atoms with Gasteiger partial charge in [-0.1, -0.05) is 6.92 Å². The van der Waals surface area contributed by atoms with E-state index in [1.165, 1.54) is 12.1 Å². The van der Waals surface area contributed by atoms with E-state index in [0.717, 1.165) is 12.8 Å². The van der Waals surface area contributed by atoms with Gasteiger partial charge in [0.25, 0.3) is 5.69 Å². The molecular formula is C11H11BrN2O3. The zero-order valence-electron chi connectivity index (χ0n) is 9.20. The molecule has 1 aliphatic rings.